The van der Waals surface area contributed by atoms with Gasteiger partial charge in [0.2, 0.25) is 11.8 Å². The average Bonchev–Trinajstić information content (AvgIpc) is 3.72. The number of rotatable bonds is 19. The van der Waals surface area contributed by atoms with Gasteiger partial charge in [-0.2, -0.15) is 14.9 Å². The lowest BCUT2D eigenvalue weighted by Gasteiger charge is -2.38. The predicted octanol–water partition coefficient (Wildman–Crippen LogP) is 6.97. The van der Waals surface area contributed by atoms with E-state index in [-0.39, 0.29) is 59.6 Å². The number of fused-ring (bicyclic) bond motifs is 1. The van der Waals surface area contributed by atoms with Gasteiger partial charge in [0.05, 0.1) is 42.2 Å². The van der Waals surface area contributed by atoms with Crippen LogP contribution in [0, 0.1) is 5.82 Å². The van der Waals surface area contributed by atoms with Crippen molar-refractivity contribution in [1.29, 1.82) is 0 Å². The summed E-state index contributed by atoms with van der Waals surface area (Å²) in [6, 6.07) is 30.6. The van der Waals surface area contributed by atoms with Crippen LogP contribution in [0.15, 0.2) is 125 Å². The highest BCUT2D eigenvalue weighted by molar-refractivity contribution is 6.30. The van der Waals surface area contributed by atoms with Crippen LogP contribution >= 0.6 is 11.6 Å². The van der Waals surface area contributed by atoms with E-state index < -0.39 is 28.9 Å². The highest BCUT2D eigenvalue weighted by Crippen LogP contribution is 2.29. The van der Waals surface area contributed by atoms with Crippen LogP contribution in [-0.4, -0.2) is 94.8 Å². The molecular weight excluding hydrogens is 941 g/mol. The van der Waals surface area contributed by atoms with Crippen molar-refractivity contribution in [3.8, 4) is 28.2 Å². The SMILES string of the molecule is C[C@H](CC(=O)N1CCC(O)(Cn2cnc3c(-c4ccc(CNC(=O)CCCCOC[C@H](C)NC(=O)c5cc(-c6ccc(Cl)cc6)nn(-c6cccc(F)c6)c5=O)cc4)n(C)nc3c2=O)CC1)c1ccccc1. The number of nitrogens with zero attached hydrogens (tertiary/aromatic N) is 7. The van der Waals surface area contributed by atoms with Crippen LogP contribution in [-0.2, 0) is 34.5 Å². The number of ether oxygens (including phenoxy) is 1. The fourth-order valence-corrected chi connectivity index (χ4v) is 8.96. The van der Waals surface area contributed by atoms with Gasteiger partial charge in [0.25, 0.3) is 17.0 Å². The number of amides is 3. The van der Waals surface area contributed by atoms with E-state index in [2.05, 4.69) is 25.8 Å². The predicted molar refractivity (Wildman–Crippen MR) is 272 cm³/mol. The van der Waals surface area contributed by atoms with Crippen molar-refractivity contribution in [1.82, 2.24) is 44.6 Å². The first kappa shape index (κ1) is 51.0. The number of carbonyl (C=O) groups excluding carboxylic acids is 3. The highest BCUT2D eigenvalue weighted by atomic mass is 35.5. The van der Waals surface area contributed by atoms with E-state index in [0.717, 1.165) is 27.4 Å². The van der Waals surface area contributed by atoms with E-state index in [1.165, 1.54) is 35.2 Å². The Bertz CT molecular complexity index is 3170. The van der Waals surface area contributed by atoms with E-state index in [0.29, 0.717) is 85.8 Å². The number of piperidine rings is 1. The number of aliphatic hydroxyl groups is 1. The Kier molecular flexibility index (Phi) is 16.2. The van der Waals surface area contributed by atoms with Gasteiger partial charge in [-0.25, -0.2) is 9.37 Å². The maximum atomic E-state index is 14.1. The molecule has 0 radical (unpaired) electrons. The van der Waals surface area contributed by atoms with Crippen molar-refractivity contribution in [3.05, 3.63) is 164 Å². The maximum Gasteiger partial charge on any atom is 0.284 e. The van der Waals surface area contributed by atoms with Gasteiger partial charge in [0.1, 0.15) is 16.9 Å². The van der Waals surface area contributed by atoms with Crippen molar-refractivity contribution >= 4 is 40.4 Å². The number of likely N-dealkylation sites (tertiary alicyclic amines) is 1. The number of aryl methyl sites for hydroxylation is 1. The van der Waals surface area contributed by atoms with E-state index in [1.54, 1.807) is 47.8 Å². The summed E-state index contributed by atoms with van der Waals surface area (Å²) in [5.41, 5.74) is 2.70. The summed E-state index contributed by atoms with van der Waals surface area (Å²) < 4.78 is 23.9. The van der Waals surface area contributed by atoms with Crippen LogP contribution in [0.1, 0.15) is 79.8 Å². The first-order valence-corrected chi connectivity index (χ1v) is 24.4. The molecule has 3 aromatic heterocycles. The molecule has 0 spiro atoms. The highest BCUT2D eigenvalue weighted by Gasteiger charge is 2.35. The van der Waals surface area contributed by atoms with Gasteiger partial charge in [0.15, 0.2) is 5.52 Å². The van der Waals surface area contributed by atoms with Gasteiger partial charge in [-0.3, -0.25) is 33.2 Å². The van der Waals surface area contributed by atoms with Gasteiger partial charge in [-0.1, -0.05) is 91.3 Å². The molecule has 16 nitrogen and oxygen atoms in total. The van der Waals surface area contributed by atoms with Crippen LogP contribution in [0.3, 0.4) is 0 Å². The third kappa shape index (κ3) is 12.4. The molecule has 1 fully saturated rings. The fraction of sp³-hybridized carbons (Fsp3) is 0.333. The average molecular weight is 999 g/mol. The fourth-order valence-electron chi connectivity index (χ4n) is 8.83. The summed E-state index contributed by atoms with van der Waals surface area (Å²) in [5.74, 6) is -1.18. The smallest absolute Gasteiger partial charge is 0.284 e. The molecule has 7 aromatic rings. The minimum absolute atomic E-state index is 0.0366. The molecule has 72 heavy (non-hydrogen) atoms. The lowest BCUT2D eigenvalue weighted by Crippen LogP contribution is -2.49. The standard InChI is InChI=1S/C54H57ClFN9O7/c1-35(38-10-5-4-6-11-38)28-47(67)63-25-23-54(71,24-26-63)33-64-34-58-48-49(53(64)70)61-62(3)50(48)40-17-15-37(16-18-40)31-57-46(66)14-7-8-27-72-32-36(2)59-51(68)44-30-45(39-19-21-41(55)22-20-39)60-65(52(44)69)43-13-9-12-42(56)29-43/h4-6,9-13,15-22,29-30,34-36,71H,7-8,14,23-28,31-33H2,1-3H3,(H,57,66)(H,59,68)/t35-,36+/m1/s1. The largest absolute Gasteiger partial charge is 0.388 e. The minimum Gasteiger partial charge on any atom is -0.388 e. The first-order valence-electron chi connectivity index (χ1n) is 24.0. The summed E-state index contributed by atoms with van der Waals surface area (Å²) >= 11 is 6.07. The van der Waals surface area contributed by atoms with Crippen molar-refractivity contribution in [2.75, 3.05) is 26.3 Å². The normalized spacial score (nSPS) is 14.2. The number of unbranched alkanes of at least 4 members (excludes halogenated alkanes) is 1. The Morgan fingerprint density at radius 1 is 0.861 bits per heavy atom. The molecule has 0 unspecified atom stereocenters. The molecule has 3 amide bonds. The molecule has 1 saturated heterocycles. The van der Waals surface area contributed by atoms with Crippen LogP contribution in [0.5, 0.6) is 0 Å². The number of nitrogens with one attached hydrogen (secondary N) is 2. The summed E-state index contributed by atoms with van der Waals surface area (Å²) in [6.45, 7) is 5.45. The van der Waals surface area contributed by atoms with E-state index in [1.807, 2.05) is 61.5 Å². The second kappa shape index (κ2) is 22.8. The van der Waals surface area contributed by atoms with E-state index in [9.17, 15) is 33.5 Å². The quantitative estimate of drug-likeness (QED) is 0.0713. The Morgan fingerprint density at radius 3 is 2.31 bits per heavy atom. The van der Waals surface area contributed by atoms with E-state index in [4.69, 9.17) is 16.3 Å². The maximum absolute atomic E-state index is 14.1. The molecule has 0 aliphatic carbocycles. The van der Waals surface area contributed by atoms with Gasteiger partial charge in [-0.15, -0.1) is 0 Å². The second-order valence-corrected chi connectivity index (χ2v) is 18.9. The van der Waals surface area contributed by atoms with Crippen LogP contribution in [0.2, 0.25) is 5.02 Å². The lowest BCUT2D eigenvalue weighted by atomic mass is 9.90. The zero-order chi connectivity index (χ0) is 50.9. The van der Waals surface area contributed by atoms with Crippen molar-refractivity contribution in [2.45, 2.75) is 83.0 Å². The number of benzene rings is 4. The molecular formula is C54H57ClFN9O7. The molecule has 8 rings (SSSR count). The van der Waals surface area contributed by atoms with Crippen LogP contribution in [0.4, 0.5) is 4.39 Å². The molecule has 2 atom stereocenters. The Balaban J connectivity index is 0.768. The van der Waals surface area contributed by atoms with Gasteiger partial charge in [0, 0.05) is 68.3 Å². The summed E-state index contributed by atoms with van der Waals surface area (Å²) in [6.07, 6.45) is 3.97. The molecule has 4 heterocycles. The molecule has 4 aromatic carbocycles. The van der Waals surface area contributed by atoms with Crippen molar-refractivity contribution in [3.63, 3.8) is 0 Å². The summed E-state index contributed by atoms with van der Waals surface area (Å²) in [7, 11) is 1.75. The zero-order valence-electron chi connectivity index (χ0n) is 40.4. The number of hydrogen-bond donors (Lipinski definition) is 3. The topological polar surface area (TPSA) is 196 Å². The molecule has 0 bridgehead atoms. The molecule has 18 heteroatoms. The third-order valence-electron chi connectivity index (χ3n) is 12.9. The Hall–Kier alpha value is -7.34. The van der Waals surface area contributed by atoms with Gasteiger partial charge >= 0.3 is 0 Å². The Labute approximate surface area is 420 Å². The van der Waals surface area contributed by atoms with E-state index >= 15 is 0 Å². The molecule has 0 saturated carbocycles. The number of carbonyl (C=O) groups is 3. The van der Waals surface area contributed by atoms with Crippen molar-refractivity contribution < 1.29 is 28.6 Å². The van der Waals surface area contributed by atoms with Crippen LogP contribution < -0.4 is 21.8 Å². The number of aromatic nitrogens is 6. The molecule has 1 aliphatic rings. The van der Waals surface area contributed by atoms with Gasteiger partial charge < -0.3 is 25.4 Å². The lowest BCUT2D eigenvalue weighted by molar-refractivity contribution is -0.136. The third-order valence-corrected chi connectivity index (χ3v) is 13.2. The van der Waals surface area contributed by atoms with Crippen LogP contribution in [0.25, 0.3) is 39.2 Å². The minimum atomic E-state index is -1.18. The number of halogens is 2. The van der Waals surface area contributed by atoms with Gasteiger partial charge in [-0.05, 0) is 86.1 Å². The monoisotopic (exact) mass is 997 g/mol. The second-order valence-electron chi connectivity index (χ2n) is 18.5. The molecule has 1 aliphatic heterocycles. The zero-order valence-corrected chi connectivity index (χ0v) is 41.1. The summed E-state index contributed by atoms with van der Waals surface area (Å²) in [5, 5.41) is 26.7. The Morgan fingerprint density at radius 2 is 1.58 bits per heavy atom. The summed E-state index contributed by atoms with van der Waals surface area (Å²) in [4.78, 5) is 72.9. The van der Waals surface area contributed by atoms with Crippen molar-refractivity contribution in [2.24, 2.45) is 7.05 Å². The number of hydrogen-bond acceptors (Lipinski definition) is 10. The molecule has 3 N–H and O–H groups in total. The molecule has 374 valence electrons. The first-order chi connectivity index (χ1) is 34.6.